The molecule has 0 unspecified atom stereocenters. The van der Waals surface area contributed by atoms with Crippen molar-refractivity contribution in [1.29, 1.82) is 0 Å². The standard InChI is InChI=1S/C16H23NO4/c1-20-15-9-12(7-8-14(15)21-11-16(18)19)10-17-13-5-3-2-4-6-13/h7-9,13,17H,2-6,10-11H2,1H3,(H,18,19). The second kappa shape index (κ2) is 7.88. The summed E-state index contributed by atoms with van der Waals surface area (Å²) in [5, 5.41) is 12.2. The maximum Gasteiger partial charge on any atom is 0.341 e. The third kappa shape index (κ3) is 4.93. The molecule has 0 amide bonds. The molecule has 0 aliphatic heterocycles. The maximum atomic E-state index is 10.5. The van der Waals surface area contributed by atoms with Gasteiger partial charge in [-0.05, 0) is 30.5 Å². The third-order valence-electron chi connectivity index (χ3n) is 3.78. The number of methoxy groups -OCH3 is 1. The van der Waals surface area contributed by atoms with Gasteiger partial charge in [-0.3, -0.25) is 0 Å². The summed E-state index contributed by atoms with van der Waals surface area (Å²) in [6, 6.07) is 6.20. The molecule has 0 atom stereocenters. The Labute approximate surface area is 125 Å². The van der Waals surface area contributed by atoms with Crippen molar-refractivity contribution >= 4 is 5.97 Å². The van der Waals surface area contributed by atoms with Gasteiger partial charge in [0.05, 0.1) is 7.11 Å². The molecule has 0 heterocycles. The molecule has 1 aliphatic rings. The van der Waals surface area contributed by atoms with Crippen LogP contribution in [0.5, 0.6) is 11.5 Å². The molecular formula is C16H23NO4. The Balaban J connectivity index is 1.92. The van der Waals surface area contributed by atoms with Gasteiger partial charge in [0.2, 0.25) is 0 Å². The summed E-state index contributed by atoms with van der Waals surface area (Å²) in [7, 11) is 1.56. The van der Waals surface area contributed by atoms with Crippen LogP contribution in [0.15, 0.2) is 18.2 Å². The molecule has 5 nitrogen and oxygen atoms in total. The van der Waals surface area contributed by atoms with E-state index in [1.54, 1.807) is 13.2 Å². The lowest BCUT2D eigenvalue weighted by Crippen LogP contribution is -2.30. The normalized spacial score (nSPS) is 15.7. The summed E-state index contributed by atoms with van der Waals surface area (Å²) in [4.78, 5) is 10.5. The highest BCUT2D eigenvalue weighted by Crippen LogP contribution is 2.28. The molecular weight excluding hydrogens is 270 g/mol. The Morgan fingerprint density at radius 3 is 2.71 bits per heavy atom. The molecule has 116 valence electrons. The van der Waals surface area contributed by atoms with E-state index in [4.69, 9.17) is 14.6 Å². The quantitative estimate of drug-likeness (QED) is 0.808. The van der Waals surface area contributed by atoms with E-state index >= 15 is 0 Å². The number of nitrogens with one attached hydrogen (secondary N) is 1. The predicted molar refractivity (Wildman–Crippen MR) is 79.8 cm³/mol. The molecule has 1 saturated carbocycles. The lowest BCUT2D eigenvalue weighted by atomic mass is 9.95. The van der Waals surface area contributed by atoms with Crippen LogP contribution in [-0.2, 0) is 11.3 Å². The SMILES string of the molecule is COc1cc(CNC2CCCCC2)ccc1OCC(=O)O. The minimum atomic E-state index is -1.000. The van der Waals surface area contributed by atoms with Crippen molar-refractivity contribution in [3.8, 4) is 11.5 Å². The average Bonchev–Trinajstić information content (AvgIpc) is 2.52. The summed E-state index contributed by atoms with van der Waals surface area (Å²) in [6.07, 6.45) is 6.46. The largest absolute Gasteiger partial charge is 0.493 e. The van der Waals surface area contributed by atoms with Gasteiger partial charge < -0.3 is 19.9 Å². The van der Waals surface area contributed by atoms with E-state index in [0.29, 0.717) is 17.5 Å². The fourth-order valence-electron chi connectivity index (χ4n) is 2.65. The van der Waals surface area contributed by atoms with Crippen LogP contribution in [0.3, 0.4) is 0 Å². The molecule has 1 aliphatic carbocycles. The van der Waals surface area contributed by atoms with Gasteiger partial charge in [-0.1, -0.05) is 25.3 Å². The van der Waals surface area contributed by atoms with Crippen LogP contribution < -0.4 is 14.8 Å². The Hall–Kier alpha value is -1.75. The third-order valence-corrected chi connectivity index (χ3v) is 3.78. The number of hydrogen-bond donors (Lipinski definition) is 2. The Morgan fingerprint density at radius 1 is 1.29 bits per heavy atom. The number of ether oxygens (including phenoxy) is 2. The summed E-state index contributed by atoms with van der Waals surface area (Å²) in [6.45, 7) is 0.427. The number of aliphatic carboxylic acids is 1. The van der Waals surface area contributed by atoms with Crippen molar-refractivity contribution in [2.24, 2.45) is 0 Å². The van der Waals surface area contributed by atoms with E-state index in [-0.39, 0.29) is 6.61 Å². The molecule has 1 aromatic rings. The predicted octanol–water partition coefficient (Wildman–Crippen LogP) is 2.58. The van der Waals surface area contributed by atoms with Crippen molar-refractivity contribution in [2.45, 2.75) is 44.7 Å². The minimum Gasteiger partial charge on any atom is -0.493 e. The lowest BCUT2D eigenvalue weighted by Gasteiger charge is -2.23. The smallest absolute Gasteiger partial charge is 0.341 e. The van der Waals surface area contributed by atoms with Gasteiger partial charge in [-0.15, -0.1) is 0 Å². The van der Waals surface area contributed by atoms with Gasteiger partial charge in [0.25, 0.3) is 0 Å². The van der Waals surface area contributed by atoms with Crippen molar-refractivity contribution in [1.82, 2.24) is 5.32 Å². The minimum absolute atomic E-state index is 0.365. The van der Waals surface area contributed by atoms with Crippen molar-refractivity contribution < 1.29 is 19.4 Å². The lowest BCUT2D eigenvalue weighted by molar-refractivity contribution is -0.139. The molecule has 2 N–H and O–H groups in total. The van der Waals surface area contributed by atoms with Crippen molar-refractivity contribution in [3.05, 3.63) is 23.8 Å². The highest BCUT2D eigenvalue weighted by molar-refractivity contribution is 5.68. The van der Waals surface area contributed by atoms with Gasteiger partial charge in [0.15, 0.2) is 18.1 Å². The van der Waals surface area contributed by atoms with Crippen LogP contribution in [0.1, 0.15) is 37.7 Å². The van der Waals surface area contributed by atoms with E-state index in [2.05, 4.69) is 5.32 Å². The summed E-state index contributed by atoms with van der Waals surface area (Å²) < 4.78 is 10.5. The van der Waals surface area contributed by atoms with E-state index in [0.717, 1.165) is 12.1 Å². The number of carboxylic acid groups (broad SMARTS) is 1. The number of carbonyl (C=O) groups is 1. The van der Waals surface area contributed by atoms with E-state index < -0.39 is 5.97 Å². The molecule has 5 heteroatoms. The molecule has 21 heavy (non-hydrogen) atoms. The van der Waals surface area contributed by atoms with Gasteiger partial charge in [0, 0.05) is 12.6 Å². The van der Waals surface area contributed by atoms with Crippen LogP contribution in [0.25, 0.3) is 0 Å². The zero-order valence-electron chi connectivity index (χ0n) is 12.4. The summed E-state index contributed by atoms with van der Waals surface area (Å²) in [5.74, 6) is 0.0283. The van der Waals surface area contributed by atoms with Gasteiger partial charge >= 0.3 is 5.97 Å². The van der Waals surface area contributed by atoms with Crippen LogP contribution in [-0.4, -0.2) is 30.8 Å². The van der Waals surface area contributed by atoms with Crippen molar-refractivity contribution in [3.63, 3.8) is 0 Å². The van der Waals surface area contributed by atoms with E-state index in [1.165, 1.54) is 32.1 Å². The molecule has 1 aromatic carbocycles. The first-order chi connectivity index (χ1) is 10.2. The summed E-state index contributed by atoms with van der Waals surface area (Å²) in [5.41, 5.74) is 1.11. The van der Waals surface area contributed by atoms with Gasteiger partial charge in [0.1, 0.15) is 0 Å². The van der Waals surface area contributed by atoms with Gasteiger partial charge in [-0.25, -0.2) is 4.79 Å². The molecule has 0 aromatic heterocycles. The fourth-order valence-corrected chi connectivity index (χ4v) is 2.65. The topological polar surface area (TPSA) is 67.8 Å². The van der Waals surface area contributed by atoms with Crippen molar-refractivity contribution in [2.75, 3.05) is 13.7 Å². The molecule has 0 bridgehead atoms. The first kappa shape index (κ1) is 15.6. The zero-order valence-corrected chi connectivity index (χ0v) is 12.4. The highest BCUT2D eigenvalue weighted by Gasteiger charge is 2.13. The van der Waals surface area contributed by atoms with Crippen LogP contribution in [0.4, 0.5) is 0 Å². The number of carboxylic acids is 1. The first-order valence-electron chi connectivity index (χ1n) is 7.44. The molecule has 0 spiro atoms. The maximum absolute atomic E-state index is 10.5. The molecule has 2 rings (SSSR count). The number of rotatable bonds is 7. The van der Waals surface area contributed by atoms with Crippen LogP contribution >= 0.6 is 0 Å². The first-order valence-corrected chi connectivity index (χ1v) is 7.44. The Kier molecular flexibility index (Phi) is 5.87. The second-order valence-electron chi connectivity index (χ2n) is 5.38. The molecule has 0 saturated heterocycles. The number of benzene rings is 1. The Morgan fingerprint density at radius 2 is 2.05 bits per heavy atom. The summed E-state index contributed by atoms with van der Waals surface area (Å²) >= 11 is 0. The monoisotopic (exact) mass is 293 g/mol. The van der Waals surface area contributed by atoms with E-state index in [9.17, 15) is 4.79 Å². The van der Waals surface area contributed by atoms with Crippen LogP contribution in [0, 0.1) is 0 Å². The zero-order chi connectivity index (χ0) is 15.1. The molecule has 0 radical (unpaired) electrons. The average molecular weight is 293 g/mol. The van der Waals surface area contributed by atoms with Gasteiger partial charge in [-0.2, -0.15) is 0 Å². The Bertz CT molecular complexity index is 469. The van der Waals surface area contributed by atoms with E-state index in [1.807, 2.05) is 12.1 Å². The highest BCUT2D eigenvalue weighted by atomic mass is 16.5. The second-order valence-corrected chi connectivity index (χ2v) is 5.38. The number of hydrogen-bond acceptors (Lipinski definition) is 4. The fraction of sp³-hybridized carbons (Fsp3) is 0.562. The molecule has 1 fully saturated rings. The van der Waals surface area contributed by atoms with Crippen LogP contribution in [0.2, 0.25) is 0 Å².